The van der Waals surface area contributed by atoms with Gasteiger partial charge in [-0.3, -0.25) is 14.9 Å². The second-order valence-electron chi connectivity index (χ2n) is 3.67. The molecule has 2 aromatic heterocycles. The molecule has 0 saturated carbocycles. The van der Waals surface area contributed by atoms with Gasteiger partial charge in [0.1, 0.15) is 0 Å². The van der Waals surface area contributed by atoms with E-state index in [2.05, 4.69) is 20.5 Å². The number of carboxylic acids is 1. The fraction of sp³-hybridized carbons (Fsp3) is 0.182. The van der Waals surface area contributed by atoms with E-state index in [1.165, 1.54) is 17.4 Å². The lowest BCUT2D eigenvalue weighted by Crippen LogP contribution is -2.07. The highest BCUT2D eigenvalue weighted by Gasteiger charge is 2.08. The van der Waals surface area contributed by atoms with Crippen molar-refractivity contribution in [2.45, 2.75) is 11.3 Å². The van der Waals surface area contributed by atoms with Gasteiger partial charge in [0, 0.05) is 11.5 Å². The van der Waals surface area contributed by atoms with E-state index in [9.17, 15) is 9.59 Å². The molecule has 110 valence electrons. The molecule has 0 aliphatic carbocycles. The molecule has 10 heteroatoms. The predicted octanol–water partition coefficient (Wildman–Crippen LogP) is 2.13. The average Bonchev–Trinajstić information content (AvgIpc) is 3.03. The summed E-state index contributed by atoms with van der Waals surface area (Å²) in [6.45, 7) is 1.89. The van der Waals surface area contributed by atoms with Crippen molar-refractivity contribution in [1.29, 1.82) is 0 Å². The van der Waals surface area contributed by atoms with Gasteiger partial charge in [-0.2, -0.15) is 0 Å². The van der Waals surface area contributed by atoms with Gasteiger partial charge in [-0.05, 0) is 13.0 Å². The summed E-state index contributed by atoms with van der Waals surface area (Å²) < 4.78 is 0.492. The second kappa shape index (κ2) is 7.29. The number of thioether (sulfide) groups is 1. The number of carbonyl (C=O) groups is 2. The first-order chi connectivity index (χ1) is 10.0. The summed E-state index contributed by atoms with van der Waals surface area (Å²) in [5.74, 6) is -1.36. The minimum Gasteiger partial charge on any atom is -0.481 e. The molecule has 2 rings (SSSR count). The number of hydrogen-bond acceptors (Lipinski definition) is 8. The van der Waals surface area contributed by atoms with Crippen LogP contribution in [-0.4, -0.2) is 37.9 Å². The minimum absolute atomic E-state index is 0.0916. The Morgan fingerprint density at radius 3 is 2.95 bits per heavy atom. The smallest absolute Gasteiger partial charge is 0.313 e. The molecule has 0 fully saturated rings. The molecule has 0 atom stereocenters. The monoisotopic (exact) mass is 342 g/mol. The number of aliphatic carboxylic acids is 1. The summed E-state index contributed by atoms with van der Waals surface area (Å²) in [5, 5.41) is 21.8. The van der Waals surface area contributed by atoms with Crippen molar-refractivity contribution in [3.63, 3.8) is 0 Å². The van der Waals surface area contributed by atoms with Crippen LogP contribution in [0, 0.1) is 6.92 Å². The van der Waals surface area contributed by atoms with E-state index in [-0.39, 0.29) is 11.7 Å². The van der Waals surface area contributed by atoms with Crippen molar-refractivity contribution in [2.75, 3.05) is 11.1 Å². The number of carboxylic acid groups (broad SMARTS) is 1. The van der Waals surface area contributed by atoms with Crippen molar-refractivity contribution >= 4 is 57.5 Å². The molecule has 0 saturated heterocycles. The minimum atomic E-state index is -0.928. The number of nitrogens with zero attached hydrogens (tertiary/aromatic N) is 3. The average molecular weight is 342 g/mol. The molecule has 2 heterocycles. The third-order valence-corrected chi connectivity index (χ3v) is 4.75. The number of nitrogens with one attached hydrogen (secondary N) is 1. The van der Waals surface area contributed by atoms with E-state index in [4.69, 9.17) is 5.11 Å². The van der Waals surface area contributed by atoms with Crippen LogP contribution in [0.15, 0.2) is 15.8 Å². The Balaban J connectivity index is 1.87. The Morgan fingerprint density at radius 2 is 2.29 bits per heavy atom. The highest BCUT2D eigenvalue weighted by molar-refractivity contribution is 8.01. The first-order valence-electron chi connectivity index (χ1n) is 5.62. The summed E-state index contributed by atoms with van der Waals surface area (Å²) in [4.78, 5) is 26.3. The van der Waals surface area contributed by atoms with Gasteiger partial charge >= 0.3 is 5.97 Å². The zero-order chi connectivity index (χ0) is 15.2. The normalized spacial score (nSPS) is 10.9. The van der Waals surface area contributed by atoms with Gasteiger partial charge in [0.2, 0.25) is 11.0 Å². The first-order valence-corrected chi connectivity index (χ1v) is 8.30. The van der Waals surface area contributed by atoms with Crippen LogP contribution in [0.2, 0.25) is 0 Å². The quantitative estimate of drug-likeness (QED) is 0.470. The Bertz CT molecular complexity index is 680. The molecule has 2 aromatic rings. The van der Waals surface area contributed by atoms with Gasteiger partial charge in [-0.1, -0.05) is 23.1 Å². The number of rotatable bonds is 6. The molecule has 0 spiro atoms. The predicted molar refractivity (Wildman–Crippen MR) is 82.8 cm³/mol. The maximum absolute atomic E-state index is 11.7. The van der Waals surface area contributed by atoms with Gasteiger partial charge in [-0.15, -0.1) is 21.5 Å². The van der Waals surface area contributed by atoms with Crippen molar-refractivity contribution < 1.29 is 14.7 Å². The molecule has 0 aromatic carbocycles. The molecule has 21 heavy (non-hydrogen) atoms. The molecule has 0 unspecified atom stereocenters. The number of amides is 1. The lowest BCUT2D eigenvalue weighted by Gasteiger charge is -1.93. The Kier molecular flexibility index (Phi) is 5.42. The van der Waals surface area contributed by atoms with E-state index in [0.717, 1.165) is 33.8 Å². The maximum Gasteiger partial charge on any atom is 0.313 e. The summed E-state index contributed by atoms with van der Waals surface area (Å²) in [6, 6.07) is 0. The second-order valence-corrected chi connectivity index (χ2v) is 6.93. The van der Waals surface area contributed by atoms with Crippen LogP contribution in [0.5, 0.6) is 0 Å². The van der Waals surface area contributed by atoms with Gasteiger partial charge in [0.05, 0.1) is 16.5 Å². The number of thiazole rings is 1. The molecule has 7 nitrogen and oxygen atoms in total. The molecular formula is C11H10N4O3S3. The third kappa shape index (κ3) is 5.25. The van der Waals surface area contributed by atoms with E-state index in [1.54, 1.807) is 6.08 Å². The number of aromatic nitrogens is 3. The topological polar surface area (TPSA) is 105 Å². The molecular weight excluding hydrogens is 332 g/mol. The van der Waals surface area contributed by atoms with Crippen LogP contribution in [0.3, 0.4) is 0 Å². The van der Waals surface area contributed by atoms with Crippen LogP contribution in [0.25, 0.3) is 6.08 Å². The number of carbonyl (C=O) groups excluding carboxylic acids is 1. The molecule has 2 N–H and O–H groups in total. The fourth-order valence-electron chi connectivity index (χ4n) is 1.21. The maximum atomic E-state index is 11.7. The van der Waals surface area contributed by atoms with Crippen LogP contribution >= 0.6 is 34.4 Å². The molecule has 0 bridgehead atoms. The lowest BCUT2D eigenvalue weighted by molar-refractivity contribution is -0.133. The standard InChI is InChI=1S/C11H10N4O3S3/c1-6-12-7(4-19-6)2-3-8(16)13-10-14-15-11(21-10)20-5-9(17)18/h2-4H,5H2,1H3,(H,17,18)(H,13,14,16). The summed E-state index contributed by atoms with van der Waals surface area (Å²) in [6.07, 6.45) is 2.97. The summed E-state index contributed by atoms with van der Waals surface area (Å²) in [5.41, 5.74) is 0.725. The SMILES string of the molecule is Cc1nc(C=CC(=O)Nc2nnc(SCC(=O)O)s2)cs1. The van der Waals surface area contributed by atoms with Gasteiger partial charge in [0.15, 0.2) is 4.34 Å². The Labute approximate surface area is 132 Å². The number of anilines is 1. The molecule has 1 amide bonds. The Hall–Kier alpha value is -1.78. The molecule has 0 aliphatic heterocycles. The summed E-state index contributed by atoms with van der Waals surface area (Å²) in [7, 11) is 0. The number of aryl methyl sites for hydroxylation is 1. The zero-order valence-electron chi connectivity index (χ0n) is 10.8. The third-order valence-electron chi connectivity index (χ3n) is 2.00. The van der Waals surface area contributed by atoms with Crippen molar-refractivity contribution in [3.05, 3.63) is 22.2 Å². The van der Waals surface area contributed by atoms with Crippen molar-refractivity contribution in [3.8, 4) is 0 Å². The van der Waals surface area contributed by atoms with E-state index >= 15 is 0 Å². The van der Waals surface area contributed by atoms with Crippen LogP contribution in [0.4, 0.5) is 5.13 Å². The Morgan fingerprint density at radius 1 is 1.48 bits per heavy atom. The first kappa shape index (κ1) is 15.6. The van der Waals surface area contributed by atoms with E-state index < -0.39 is 5.97 Å². The lowest BCUT2D eigenvalue weighted by atomic mass is 10.4. The summed E-state index contributed by atoms with van der Waals surface area (Å²) >= 11 is 3.69. The van der Waals surface area contributed by atoms with Crippen LogP contribution in [0.1, 0.15) is 10.7 Å². The number of hydrogen-bond donors (Lipinski definition) is 2. The van der Waals surface area contributed by atoms with E-state index in [0.29, 0.717) is 9.47 Å². The van der Waals surface area contributed by atoms with Gasteiger partial charge < -0.3 is 5.11 Å². The van der Waals surface area contributed by atoms with Crippen molar-refractivity contribution in [1.82, 2.24) is 15.2 Å². The fourth-order valence-corrected chi connectivity index (χ4v) is 3.26. The highest BCUT2D eigenvalue weighted by Crippen LogP contribution is 2.25. The van der Waals surface area contributed by atoms with Gasteiger partial charge in [-0.25, -0.2) is 4.98 Å². The zero-order valence-corrected chi connectivity index (χ0v) is 13.2. The van der Waals surface area contributed by atoms with Crippen LogP contribution in [-0.2, 0) is 9.59 Å². The highest BCUT2D eigenvalue weighted by atomic mass is 32.2. The van der Waals surface area contributed by atoms with E-state index in [1.807, 2.05) is 12.3 Å². The van der Waals surface area contributed by atoms with Crippen LogP contribution < -0.4 is 5.32 Å². The largest absolute Gasteiger partial charge is 0.481 e. The molecule has 0 aliphatic rings. The van der Waals surface area contributed by atoms with Crippen molar-refractivity contribution in [2.24, 2.45) is 0 Å². The molecule has 0 radical (unpaired) electrons. The van der Waals surface area contributed by atoms with Gasteiger partial charge in [0.25, 0.3) is 0 Å².